The van der Waals surface area contributed by atoms with Crippen LogP contribution in [0.1, 0.15) is 37.9 Å². The van der Waals surface area contributed by atoms with Crippen molar-refractivity contribution in [3.63, 3.8) is 0 Å². The number of anilines is 1. The van der Waals surface area contributed by atoms with E-state index in [-0.39, 0.29) is 17.2 Å². The van der Waals surface area contributed by atoms with Crippen LogP contribution in [0.25, 0.3) is 6.08 Å². The molecule has 0 spiro atoms. The molecule has 0 N–H and O–H groups in total. The second-order valence-electron chi connectivity index (χ2n) is 10.6. The van der Waals surface area contributed by atoms with Crippen LogP contribution in [0.15, 0.2) is 63.5 Å². The van der Waals surface area contributed by atoms with Crippen LogP contribution in [0, 0.1) is 10.1 Å². The van der Waals surface area contributed by atoms with E-state index in [1.807, 2.05) is 38.1 Å². The summed E-state index contributed by atoms with van der Waals surface area (Å²) in [5.74, 6) is 0.366. The van der Waals surface area contributed by atoms with Gasteiger partial charge in [0.05, 0.1) is 27.8 Å². The number of hydrogen-bond donors (Lipinski definition) is 0. The summed E-state index contributed by atoms with van der Waals surface area (Å²) < 4.78 is 7.62. The van der Waals surface area contributed by atoms with Gasteiger partial charge in [0, 0.05) is 68.2 Å². The first-order valence-electron chi connectivity index (χ1n) is 14.3. The predicted octanol–water partition coefficient (Wildman–Crippen LogP) is 2.77. The summed E-state index contributed by atoms with van der Waals surface area (Å²) in [5.41, 5.74) is 2.68. The fourth-order valence-corrected chi connectivity index (χ4v) is 6.75. The number of fused-ring (bicyclic) bond motifs is 1. The Morgan fingerprint density at radius 3 is 2.51 bits per heavy atom. The lowest BCUT2D eigenvalue weighted by Gasteiger charge is -2.34. The molecule has 2 aliphatic heterocycles. The number of nitrogens with zero attached hydrogens (tertiary/aromatic N) is 6. The number of para-hydroxylation sites is 1. The SMILES string of the molecule is CCN(CC)C(=O)C1=C(C)N=c2s/c(=C\c3cc([N+](=O)[O-])ccc3N3CCN(C)CC3)c(=O)n2[C@H]1c1ccccc1OC. The van der Waals surface area contributed by atoms with Crippen molar-refractivity contribution < 1.29 is 14.5 Å². The first kappa shape index (κ1) is 30.2. The Balaban J connectivity index is 1.73. The van der Waals surface area contributed by atoms with E-state index in [1.54, 1.807) is 35.6 Å². The van der Waals surface area contributed by atoms with E-state index in [0.717, 1.165) is 31.9 Å². The van der Waals surface area contributed by atoms with Crippen LogP contribution in [0.2, 0.25) is 0 Å². The molecule has 0 bridgehead atoms. The summed E-state index contributed by atoms with van der Waals surface area (Å²) in [5, 5.41) is 11.7. The Morgan fingerprint density at radius 2 is 1.86 bits per heavy atom. The third-order valence-electron chi connectivity index (χ3n) is 8.09. The highest BCUT2D eigenvalue weighted by Crippen LogP contribution is 2.36. The molecule has 3 aromatic rings. The second kappa shape index (κ2) is 12.5. The molecule has 0 radical (unpaired) electrons. The zero-order valence-corrected chi connectivity index (χ0v) is 25.9. The normalized spacial score (nSPS) is 17.5. The van der Waals surface area contributed by atoms with Crippen LogP contribution < -0.4 is 24.5 Å². The highest BCUT2D eigenvalue weighted by atomic mass is 32.1. The van der Waals surface area contributed by atoms with Gasteiger partial charge in [0.25, 0.3) is 17.2 Å². The van der Waals surface area contributed by atoms with Gasteiger partial charge in [0.15, 0.2) is 4.80 Å². The number of methoxy groups -OCH3 is 1. The Labute approximate surface area is 253 Å². The minimum absolute atomic E-state index is 0.0493. The number of rotatable bonds is 8. The average molecular weight is 605 g/mol. The molecule has 11 nitrogen and oxygen atoms in total. The fourth-order valence-electron chi connectivity index (χ4n) is 5.71. The molecule has 1 saturated heterocycles. The monoisotopic (exact) mass is 604 g/mol. The number of aromatic nitrogens is 1. The number of hydrogen-bond acceptors (Lipinski definition) is 9. The molecular weight excluding hydrogens is 568 g/mol. The van der Waals surface area contributed by atoms with Crippen LogP contribution in [-0.2, 0) is 4.79 Å². The van der Waals surface area contributed by atoms with Gasteiger partial charge in [-0.05, 0) is 46.0 Å². The maximum absolute atomic E-state index is 14.3. The summed E-state index contributed by atoms with van der Waals surface area (Å²) >= 11 is 1.21. The Bertz CT molecular complexity index is 1770. The number of likely N-dealkylation sites (N-methyl/N-ethyl adjacent to an activating group) is 2. The molecule has 2 aromatic carbocycles. The van der Waals surface area contributed by atoms with E-state index in [9.17, 15) is 19.7 Å². The molecule has 0 unspecified atom stereocenters. The van der Waals surface area contributed by atoms with Gasteiger partial charge >= 0.3 is 0 Å². The lowest BCUT2D eigenvalue weighted by molar-refractivity contribution is -0.384. The number of nitro groups is 1. The third kappa shape index (κ3) is 5.72. The number of amides is 1. The lowest BCUT2D eigenvalue weighted by atomic mass is 9.94. The molecule has 1 fully saturated rings. The largest absolute Gasteiger partial charge is 0.496 e. The molecule has 226 valence electrons. The number of thiazole rings is 1. The van der Waals surface area contributed by atoms with Gasteiger partial charge in [0.1, 0.15) is 11.8 Å². The van der Waals surface area contributed by atoms with Gasteiger partial charge in [-0.15, -0.1) is 0 Å². The second-order valence-corrected chi connectivity index (χ2v) is 11.6. The molecule has 0 aliphatic carbocycles. The van der Waals surface area contributed by atoms with Gasteiger partial charge in [-0.3, -0.25) is 24.3 Å². The number of carbonyl (C=O) groups excluding carboxylic acids is 1. The Hall–Kier alpha value is -4.29. The lowest BCUT2D eigenvalue weighted by Crippen LogP contribution is -2.44. The van der Waals surface area contributed by atoms with Crippen LogP contribution >= 0.6 is 11.3 Å². The van der Waals surface area contributed by atoms with Crippen molar-refractivity contribution in [2.24, 2.45) is 4.99 Å². The number of piperazine rings is 1. The van der Waals surface area contributed by atoms with Crippen LogP contribution in [0.4, 0.5) is 11.4 Å². The average Bonchev–Trinajstić information content (AvgIpc) is 3.31. The first-order valence-corrected chi connectivity index (χ1v) is 15.2. The molecule has 1 aromatic heterocycles. The number of carbonyl (C=O) groups is 1. The zero-order chi connectivity index (χ0) is 30.8. The van der Waals surface area contributed by atoms with Gasteiger partial charge in [-0.1, -0.05) is 29.5 Å². The van der Waals surface area contributed by atoms with Gasteiger partial charge in [0.2, 0.25) is 0 Å². The highest BCUT2D eigenvalue weighted by molar-refractivity contribution is 7.07. The van der Waals surface area contributed by atoms with E-state index in [0.29, 0.717) is 50.6 Å². The number of ether oxygens (including phenoxy) is 1. The first-order chi connectivity index (χ1) is 20.7. The maximum Gasteiger partial charge on any atom is 0.271 e. The Morgan fingerprint density at radius 1 is 1.16 bits per heavy atom. The van der Waals surface area contributed by atoms with E-state index < -0.39 is 11.0 Å². The molecule has 5 rings (SSSR count). The number of non-ortho nitro benzene ring substituents is 1. The summed E-state index contributed by atoms with van der Waals surface area (Å²) in [7, 11) is 3.63. The quantitative estimate of drug-likeness (QED) is 0.287. The molecule has 2 aliphatic rings. The van der Waals surface area contributed by atoms with Crippen molar-refractivity contribution in [1.29, 1.82) is 0 Å². The number of nitro benzene ring substituents is 1. The molecular formula is C31H36N6O5S. The van der Waals surface area contributed by atoms with E-state index in [4.69, 9.17) is 9.73 Å². The van der Waals surface area contributed by atoms with Crippen molar-refractivity contribution in [3.8, 4) is 5.75 Å². The minimum Gasteiger partial charge on any atom is -0.496 e. The zero-order valence-electron chi connectivity index (χ0n) is 25.1. The van der Waals surface area contributed by atoms with Crippen molar-refractivity contribution in [2.45, 2.75) is 26.8 Å². The third-order valence-corrected chi connectivity index (χ3v) is 9.07. The number of allylic oxidation sites excluding steroid dienone is 1. The highest BCUT2D eigenvalue weighted by Gasteiger charge is 2.35. The van der Waals surface area contributed by atoms with E-state index in [2.05, 4.69) is 16.8 Å². The summed E-state index contributed by atoms with van der Waals surface area (Å²) in [6.45, 7) is 9.90. The molecule has 12 heteroatoms. The van der Waals surface area contributed by atoms with Crippen LogP contribution in [0.5, 0.6) is 5.75 Å². The van der Waals surface area contributed by atoms with Gasteiger partial charge in [-0.2, -0.15) is 0 Å². The molecule has 3 heterocycles. The summed E-state index contributed by atoms with van der Waals surface area (Å²) in [6.07, 6.45) is 1.72. The fraction of sp³-hybridized carbons (Fsp3) is 0.387. The Kier molecular flexibility index (Phi) is 8.79. The maximum atomic E-state index is 14.3. The van der Waals surface area contributed by atoms with Crippen LogP contribution in [0.3, 0.4) is 0 Å². The van der Waals surface area contributed by atoms with Crippen molar-refractivity contribution in [3.05, 3.63) is 94.7 Å². The summed E-state index contributed by atoms with van der Waals surface area (Å²) in [4.78, 5) is 50.8. The van der Waals surface area contributed by atoms with Crippen LogP contribution in [-0.4, -0.2) is 78.6 Å². The predicted molar refractivity (Wildman–Crippen MR) is 167 cm³/mol. The van der Waals surface area contributed by atoms with E-state index >= 15 is 0 Å². The molecule has 43 heavy (non-hydrogen) atoms. The van der Waals surface area contributed by atoms with Crippen molar-refractivity contribution in [2.75, 3.05) is 58.3 Å². The smallest absolute Gasteiger partial charge is 0.271 e. The molecule has 1 atom stereocenters. The minimum atomic E-state index is -0.759. The number of benzene rings is 2. The van der Waals surface area contributed by atoms with E-state index in [1.165, 1.54) is 23.5 Å². The topological polar surface area (TPSA) is 114 Å². The van der Waals surface area contributed by atoms with Crippen molar-refractivity contribution >= 4 is 34.7 Å². The van der Waals surface area contributed by atoms with Gasteiger partial charge in [-0.25, -0.2) is 4.99 Å². The molecule has 1 amide bonds. The standard InChI is InChI=1S/C31H36N6O5S/c1-6-34(7-2)30(39)27-20(3)32-31-36(28(27)23-10-8-9-11-25(23)42-5)29(38)26(43-31)19-21-18-22(37(40)41)12-13-24(21)35-16-14-33(4)15-17-35/h8-13,18-19,28H,6-7,14-17H2,1-5H3/b26-19-/t28-/m0/s1. The van der Waals surface area contributed by atoms with Gasteiger partial charge < -0.3 is 19.4 Å². The molecule has 0 saturated carbocycles. The van der Waals surface area contributed by atoms with Crippen molar-refractivity contribution in [1.82, 2.24) is 14.4 Å². The summed E-state index contributed by atoms with van der Waals surface area (Å²) in [6, 6.07) is 11.4.